The summed E-state index contributed by atoms with van der Waals surface area (Å²) in [5, 5.41) is 3.54. The van der Waals surface area contributed by atoms with Crippen LogP contribution in [0.5, 0.6) is 0 Å². The van der Waals surface area contributed by atoms with E-state index in [1.807, 2.05) is 4.90 Å². The Hall–Kier alpha value is -2.50. The van der Waals surface area contributed by atoms with E-state index in [4.69, 9.17) is 0 Å². The van der Waals surface area contributed by atoms with Crippen molar-refractivity contribution >= 4 is 22.7 Å². The molecule has 0 atom stereocenters. The summed E-state index contributed by atoms with van der Waals surface area (Å²) in [6, 6.07) is 5.97. The summed E-state index contributed by atoms with van der Waals surface area (Å²) in [6.45, 7) is 3.76. The lowest BCUT2D eigenvalue weighted by atomic mass is 10.1. The number of likely N-dealkylation sites (tertiary alicyclic amines) is 1. The predicted molar refractivity (Wildman–Crippen MR) is 98.4 cm³/mol. The molecular weight excluding hydrogens is 333 g/mol. The van der Waals surface area contributed by atoms with Gasteiger partial charge in [0.05, 0.1) is 11.1 Å². The fourth-order valence-corrected chi connectivity index (χ4v) is 3.36. The van der Waals surface area contributed by atoms with Gasteiger partial charge in [-0.05, 0) is 44.4 Å². The second-order valence-corrected chi connectivity index (χ2v) is 6.77. The Morgan fingerprint density at radius 1 is 1.27 bits per heavy atom. The number of aromatic nitrogens is 1. The first-order chi connectivity index (χ1) is 12.5. The minimum absolute atomic E-state index is 0.200. The van der Waals surface area contributed by atoms with E-state index in [0.29, 0.717) is 48.1 Å². The monoisotopic (exact) mass is 357 g/mol. The molecule has 2 heterocycles. The molecule has 1 aromatic heterocycles. The van der Waals surface area contributed by atoms with Crippen molar-refractivity contribution in [3.05, 3.63) is 41.3 Å². The molecule has 1 N–H and O–H groups in total. The van der Waals surface area contributed by atoms with Gasteiger partial charge < -0.3 is 10.2 Å². The van der Waals surface area contributed by atoms with Crippen molar-refractivity contribution in [1.82, 2.24) is 15.2 Å². The van der Waals surface area contributed by atoms with E-state index in [0.717, 1.165) is 25.8 Å². The Bertz CT molecular complexity index is 817. The molecule has 3 rings (SSSR count). The minimum atomic E-state index is -0.371. The fourth-order valence-electron chi connectivity index (χ4n) is 3.36. The molecule has 1 aliphatic heterocycles. The second-order valence-electron chi connectivity index (χ2n) is 6.77. The summed E-state index contributed by atoms with van der Waals surface area (Å²) in [4.78, 5) is 30.7. The number of halogens is 1. The molecule has 1 aromatic carbocycles. The number of amides is 2. The summed E-state index contributed by atoms with van der Waals surface area (Å²) in [6.07, 6.45) is 4.48. The van der Waals surface area contributed by atoms with Crippen molar-refractivity contribution in [3.63, 3.8) is 0 Å². The summed E-state index contributed by atoms with van der Waals surface area (Å²) >= 11 is 0. The van der Waals surface area contributed by atoms with Gasteiger partial charge in [-0.15, -0.1) is 0 Å². The predicted octanol–water partition coefficient (Wildman–Crippen LogP) is 3.20. The third kappa shape index (κ3) is 4.36. The lowest BCUT2D eigenvalue weighted by molar-refractivity contribution is -0.130. The molecule has 0 bridgehead atoms. The van der Waals surface area contributed by atoms with Gasteiger partial charge in [-0.1, -0.05) is 6.42 Å². The van der Waals surface area contributed by atoms with Crippen LogP contribution in [0, 0.1) is 12.7 Å². The number of aryl methyl sites for hydroxylation is 1. The van der Waals surface area contributed by atoms with Gasteiger partial charge in [-0.25, -0.2) is 4.39 Å². The zero-order chi connectivity index (χ0) is 18.5. The van der Waals surface area contributed by atoms with Gasteiger partial charge in [0.25, 0.3) is 5.91 Å². The highest BCUT2D eigenvalue weighted by Gasteiger charge is 2.16. The number of nitrogens with zero attached hydrogens (tertiary/aromatic N) is 2. The normalized spacial score (nSPS) is 15.2. The van der Waals surface area contributed by atoms with E-state index in [9.17, 15) is 14.0 Å². The van der Waals surface area contributed by atoms with Crippen LogP contribution in [0.4, 0.5) is 4.39 Å². The quantitative estimate of drug-likeness (QED) is 0.836. The molecule has 2 amide bonds. The summed E-state index contributed by atoms with van der Waals surface area (Å²) < 4.78 is 13.4. The number of hydrogen-bond donors (Lipinski definition) is 1. The van der Waals surface area contributed by atoms with Crippen LogP contribution in [0.25, 0.3) is 10.9 Å². The number of nitrogens with one attached hydrogen (secondary N) is 1. The molecule has 26 heavy (non-hydrogen) atoms. The van der Waals surface area contributed by atoms with Crippen molar-refractivity contribution in [2.45, 2.75) is 39.0 Å². The molecule has 1 fully saturated rings. The Balaban J connectivity index is 1.60. The highest BCUT2D eigenvalue weighted by atomic mass is 19.1. The van der Waals surface area contributed by atoms with Gasteiger partial charge in [0.1, 0.15) is 5.82 Å². The van der Waals surface area contributed by atoms with Gasteiger partial charge in [0, 0.05) is 43.2 Å². The van der Waals surface area contributed by atoms with Gasteiger partial charge in [-0.3, -0.25) is 14.6 Å². The van der Waals surface area contributed by atoms with Crippen LogP contribution in [0.15, 0.2) is 24.3 Å². The average molecular weight is 357 g/mol. The lowest BCUT2D eigenvalue weighted by Crippen LogP contribution is -2.34. The molecule has 0 spiro atoms. The van der Waals surface area contributed by atoms with E-state index >= 15 is 0 Å². The number of pyridine rings is 1. The summed E-state index contributed by atoms with van der Waals surface area (Å²) in [7, 11) is 0. The van der Waals surface area contributed by atoms with Gasteiger partial charge in [0.15, 0.2) is 0 Å². The van der Waals surface area contributed by atoms with E-state index in [2.05, 4.69) is 10.3 Å². The van der Waals surface area contributed by atoms with E-state index < -0.39 is 0 Å². The molecule has 6 heteroatoms. The lowest BCUT2D eigenvalue weighted by Gasteiger charge is -2.20. The van der Waals surface area contributed by atoms with Crippen LogP contribution < -0.4 is 5.32 Å². The number of carbonyl (C=O) groups is 2. The SMILES string of the molecule is Cc1cc(C(=O)NCCCN2CCCCCC2=O)c2ccc(F)cc2n1. The molecule has 5 nitrogen and oxygen atoms in total. The number of rotatable bonds is 5. The van der Waals surface area contributed by atoms with Crippen LogP contribution in [0.2, 0.25) is 0 Å². The van der Waals surface area contributed by atoms with E-state index in [1.165, 1.54) is 12.1 Å². The van der Waals surface area contributed by atoms with Crippen molar-refractivity contribution in [2.24, 2.45) is 0 Å². The van der Waals surface area contributed by atoms with E-state index in [1.54, 1.807) is 19.1 Å². The minimum Gasteiger partial charge on any atom is -0.352 e. The maximum atomic E-state index is 13.4. The number of fused-ring (bicyclic) bond motifs is 1. The molecule has 0 aliphatic carbocycles. The van der Waals surface area contributed by atoms with Crippen molar-refractivity contribution in [3.8, 4) is 0 Å². The summed E-state index contributed by atoms with van der Waals surface area (Å²) in [5.74, 6) is -0.356. The number of benzene rings is 1. The first-order valence-corrected chi connectivity index (χ1v) is 9.17. The maximum Gasteiger partial charge on any atom is 0.252 e. The third-order valence-corrected chi connectivity index (χ3v) is 4.71. The second kappa shape index (κ2) is 8.25. The third-order valence-electron chi connectivity index (χ3n) is 4.71. The van der Waals surface area contributed by atoms with Gasteiger partial charge in [-0.2, -0.15) is 0 Å². The average Bonchev–Trinajstić information content (AvgIpc) is 2.81. The molecule has 1 saturated heterocycles. The first kappa shape index (κ1) is 18.3. The largest absolute Gasteiger partial charge is 0.352 e. The number of hydrogen-bond acceptors (Lipinski definition) is 3. The van der Waals surface area contributed by atoms with Crippen LogP contribution in [0.1, 0.15) is 48.2 Å². The Kier molecular flexibility index (Phi) is 5.81. The zero-order valence-electron chi connectivity index (χ0n) is 15.1. The topological polar surface area (TPSA) is 62.3 Å². The fraction of sp³-hybridized carbons (Fsp3) is 0.450. The standard InChI is InChI=1S/C20H24FN3O2/c1-14-12-17(16-8-7-15(21)13-18(16)23-14)20(26)22-9-5-11-24-10-4-2-3-6-19(24)25/h7-8,12-13H,2-6,9-11H2,1H3,(H,22,26). The highest BCUT2D eigenvalue weighted by Crippen LogP contribution is 2.19. The van der Waals surface area contributed by atoms with Crippen LogP contribution in [-0.2, 0) is 4.79 Å². The Labute approximate surface area is 152 Å². The Morgan fingerprint density at radius 2 is 2.12 bits per heavy atom. The zero-order valence-corrected chi connectivity index (χ0v) is 15.1. The highest BCUT2D eigenvalue weighted by molar-refractivity contribution is 6.06. The Morgan fingerprint density at radius 3 is 2.96 bits per heavy atom. The molecule has 138 valence electrons. The molecule has 0 saturated carbocycles. The first-order valence-electron chi connectivity index (χ1n) is 9.17. The van der Waals surface area contributed by atoms with Crippen molar-refractivity contribution in [1.29, 1.82) is 0 Å². The van der Waals surface area contributed by atoms with Crippen molar-refractivity contribution < 1.29 is 14.0 Å². The van der Waals surface area contributed by atoms with Crippen LogP contribution in [-0.4, -0.2) is 41.3 Å². The number of carbonyl (C=O) groups excluding carboxylic acids is 2. The van der Waals surface area contributed by atoms with Crippen LogP contribution in [0.3, 0.4) is 0 Å². The summed E-state index contributed by atoms with van der Waals surface area (Å²) in [5.41, 5.74) is 1.65. The molecule has 1 aliphatic rings. The molecule has 0 unspecified atom stereocenters. The van der Waals surface area contributed by atoms with Gasteiger partial charge >= 0.3 is 0 Å². The van der Waals surface area contributed by atoms with Gasteiger partial charge in [0.2, 0.25) is 5.91 Å². The molecule has 0 radical (unpaired) electrons. The van der Waals surface area contributed by atoms with Crippen LogP contribution >= 0.6 is 0 Å². The van der Waals surface area contributed by atoms with E-state index in [-0.39, 0.29) is 17.6 Å². The smallest absolute Gasteiger partial charge is 0.252 e. The van der Waals surface area contributed by atoms with Crippen molar-refractivity contribution in [2.75, 3.05) is 19.6 Å². The molecule has 2 aromatic rings. The maximum absolute atomic E-state index is 13.4. The molecular formula is C20H24FN3O2.